The summed E-state index contributed by atoms with van der Waals surface area (Å²) in [5.41, 5.74) is 2.06. The standard InChI is InChI=1S/C30H34FN5O5/c1-30(2)17-41-11-10-35(30)20-15-34(16-20)14-18-6-7-19(22(31)12-18)13-32-23-5-3-4-21-26(23)29(40)36(28(21)39)24-8-9-25(37)33-27(24)38/h3-7,12,20,24,32H,8-11,13-17H2,1-2H3,(H,33,37,38). The van der Waals surface area contributed by atoms with Crippen LogP contribution in [-0.4, -0.2) is 88.8 Å². The molecule has 1 atom stereocenters. The van der Waals surface area contributed by atoms with Crippen LogP contribution in [0.5, 0.6) is 0 Å². The van der Waals surface area contributed by atoms with Crippen LogP contribution in [0.25, 0.3) is 0 Å². The highest BCUT2D eigenvalue weighted by Gasteiger charge is 2.45. The summed E-state index contributed by atoms with van der Waals surface area (Å²) in [5, 5.41) is 5.30. The summed E-state index contributed by atoms with van der Waals surface area (Å²) >= 11 is 0. The fraction of sp³-hybridized carbons (Fsp3) is 0.467. The van der Waals surface area contributed by atoms with E-state index in [0.717, 1.165) is 43.3 Å². The van der Waals surface area contributed by atoms with E-state index in [4.69, 9.17) is 4.74 Å². The molecule has 2 N–H and O–H groups in total. The number of rotatable bonds is 7. The number of fused-ring (bicyclic) bond motifs is 1. The molecular formula is C30H34FN5O5. The molecule has 4 amide bonds. The summed E-state index contributed by atoms with van der Waals surface area (Å²) in [7, 11) is 0. The zero-order valence-corrected chi connectivity index (χ0v) is 23.2. The highest BCUT2D eigenvalue weighted by Crippen LogP contribution is 2.33. The first-order valence-electron chi connectivity index (χ1n) is 14.0. The maximum Gasteiger partial charge on any atom is 0.264 e. The minimum atomic E-state index is -1.04. The predicted molar refractivity (Wildman–Crippen MR) is 148 cm³/mol. The van der Waals surface area contributed by atoms with Crippen molar-refractivity contribution in [3.8, 4) is 0 Å². The van der Waals surface area contributed by atoms with Crippen LogP contribution in [0.1, 0.15) is 58.5 Å². The van der Waals surface area contributed by atoms with Gasteiger partial charge in [0.1, 0.15) is 11.9 Å². The number of likely N-dealkylation sites (tertiary alicyclic amines) is 1. The van der Waals surface area contributed by atoms with Gasteiger partial charge in [0, 0.05) is 62.0 Å². The summed E-state index contributed by atoms with van der Waals surface area (Å²) < 4.78 is 20.7. The lowest BCUT2D eigenvalue weighted by Gasteiger charge is -2.53. The van der Waals surface area contributed by atoms with E-state index in [0.29, 0.717) is 23.8 Å². The number of carbonyl (C=O) groups excluding carboxylic acids is 4. The Balaban J connectivity index is 1.08. The van der Waals surface area contributed by atoms with Crippen LogP contribution >= 0.6 is 0 Å². The lowest BCUT2D eigenvalue weighted by atomic mass is 9.95. The number of ether oxygens (including phenoxy) is 1. The molecule has 11 heteroatoms. The van der Waals surface area contributed by atoms with E-state index in [-0.39, 0.29) is 41.9 Å². The number of hydrogen-bond acceptors (Lipinski definition) is 8. The topological polar surface area (TPSA) is 111 Å². The van der Waals surface area contributed by atoms with Crippen LogP contribution in [0, 0.1) is 5.82 Å². The second-order valence-corrected chi connectivity index (χ2v) is 11.9. The number of nitrogens with one attached hydrogen (secondary N) is 2. The summed E-state index contributed by atoms with van der Waals surface area (Å²) in [6.45, 7) is 9.51. The lowest BCUT2D eigenvalue weighted by molar-refractivity contribution is -0.136. The number of hydrogen-bond donors (Lipinski definition) is 2. The molecule has 216 valence electrons. The Morgan fingerprint density at radius 1 is 1.10 bits per heavy atom. The van der Waals surface area contributed by atoms with Gasteiger partial charge in [0.25, 0.3) is 11.8 Å². The molecule has 0 aromatic heterocycles. The van der Waals surface area contributed by atoms with E-state index in [1.165, 1.54) is 6.07 Å². The third kappa shape index (κ3) is 5.13. The van der Waals surface area contributed by atoms with Gasteiger partial charge in [-0.3, -0.25) is 39.2 Å². The van der Waals surface area contributed by atoms with Crippen LogP contribution in [0.2, 0.25) is 0 Å². The fourth-order valence-electron chi connectivity index (χ4n) is 6.36. The van der Waals surface area contributed by atoms with Gasteiger partial charge in [-0.05, 0) is 44.0 Å². The number of benzene rings is 2. The number of amides is 4. The largest absolute Gasteiger partial charge is 0.380 e. The number of imide groups is 2. The van der Waals surface area contributed by atoms with Gasteiger partial charge in [0.05, 0.1) is 24.3 Å². The zero-order valence-electron chi connectivity index (χ0n) is 23.2. The monoisotopic (exact) mass is 563 g/mol. The predicted octanol–water partition coefficient (Wildman–Crippen LogP) is 2.13. The second kappa shape index (κ2) is 10.6. The molecule has 4 heterocycles. The molecule has 0 saturated carbocycles. The van der Waals surface area contributed by atoms with E-state index in [2.05, 4.69) is 34.3 Å². The first-order valence-corrected chi connectivity index (χ1v) is 14.0. The van der Waals surface area contributed by atoms with Gasteiger partial charge >= 0.3 is 0 Å². The number of nitrogens with zero attached hydrogens (tertiary/aromatic N) is 3. The van der Waals surface area contributed by atoms with Gasteiger partial charge in [-0.15, -0.1) is 0 Å². The molecule has 1 unspecified atom stereocenters. The van der Waals surface area contributed by atoms with Crippen molar-refractivity contribution in [2.24, 2.45) is 0 Å². The Hall–Kier alpha value is -3.67. The van der Waals surface area contributed by atoms with Gasteiger partial charge in [-0.2, -0.15) is 0 Å². The summed E-state index contributed by atoms with van der Waals surface area (Å²) in [5.74, 6) is -2.62. The molecule has 3 fully saturated rings. The molecule has 0 spiro atoms. The van der Waals surface area contributed by atoms with Crippen LogP contribution in [-0.2, 0) is 27.4 Å². The molecule has 0 aliphatic carbocycles. The van der Waals surface area contributed by atoms with Gasteiger partial charge < -0.3 is 10.1 Å². The minimum absolute atomic E-state index is 0.0236. The smallest absolute Gasteiger partial charge is 0.264 e. The maximum absolute atomic E-state index is 15.1. The molecule has 4 aliphatic rings. The average molecular weight is 564 g/mol. The minimum Gasteiger partial charge on any atom is -0.380 e. The Bertz CT molecular complexity index is 1420. The van der Waals surface area contributed by atoms with Crippen molar-refractivity contribution in [3.05, 3.63) is 64.5 Å². The molecule has 0 radical (unpaired) electrons. The number of piperidine rings is 1. The van der Waals surface area contributed by atoms with E-state index >= 15 is 4.39 Å². The first-order chi connectivity index (χ1) is 19.6. The normalized spacial score (nSPS) is 23.4. The molecule has 3 saturated heterocycles. The van der Waals surface area contributed by atoms with Crippen molar-refractivity contribution in [1.82, 2.24) is 20.0 Å². The molecule has 10 nitrogen and oxygen atoms in total. The van der Waals surface area contributed by atoms with Crippen LogP contribution in [0.4, 0.5) is 10.1 Å². The van der Waals surface area contributed by atoms with Gasteiger partial charge in [0.15, 0.2) is 0 Å². The average Bonchev–Trinajstić information content (AvgIpc) is 3.16. The van der Waals surface area contributed by atoms with Crippen LogP contribution < -0.4 is 10.6 Å². The molecule has 0 bridgehead atoms. The Morgan fingerprint density at radius 3 is 2.63 bits per heavy atom. The highest BCUT2D eigenvalue weighted by molar-refractivity contribution is 6.25. The van der Waals surface area contributed by atoms with Gasteiger partial charge in [-0.25, -0.2) is 4.39 Å². The number of halogens is 1. The Kier molecular flexibility index (Phi) is 7.13. The van der Waals surface area contributed by atoms with E-state index in [1.54, 1.807) is 24.3 Å². The Morgan fingerprint density at radius 2 is 1.90 bits per heavy atom. The number of anilines is 1. The quantitative estimate of drug-likeness (QED) is 0.493. The summed E-state index contributed by atoms with van der Waals surface area (Å²) in [4.78, 5) is 56.0. The second-order valence-electron chi connectivity index (χ2n) is 11.9. The van der Waals surface area contributed by atoms with E-state index in [9.17, 15) is 19.2 Å². The van der Waals surface area contributed by atoms with E-state index in [1.807, 2.05) is 6.07 Å². The zero-order chi connectivity index (χ0) is 28.9. The van der Waals surface area contributed by atoms with Crippen LogP contribution in [0.3, 0.4) is 0 Å². The maximum atomic E-state index is 15.1. The molecule has 41 heavy (non-hydrogen) atoms. The molecular weight excluding hydrogens is 529 g/mol. The fourth-order valence-corrected chi connectivity index (χ4v) is 6.36. The highest BCUT2D eigenvalue weighted by atomic mass is 19.1. The molecule has 6 rings (SSSR count). The molecule has 4 aliphatic heterocycles. The van der Waals surface area contributed by atoms with Crippen molar-refractivity contribution in [1.29, 1.82) is 0 Å². The SMILES string of the molecule is CC1(C)COCCN1C1CN(Cc2ccc(CNc3cccc4c3C(=O)N(C3CCC(=O)NC3=O)C4=O)c(F)c2)C1. The van der Waals surface area contributed by atoms with Crippen molar-refractivity contribution in [3.63, 3.8) is 0 Å². The van der Waals surface area contributed by atoms with Crippen molar-refractivity contribution in [2.75, 3.05) is 38.2 Å². The summed E-state index contributed by atoms with van der Waals surface area (Å²) in [6.07, 6.45) is 0.133. The number of morpholine rings is 1. The Labute approximate surface area is 237 Å². The van der Waals surface area contributed by atoms with Gasteiger partial charge in [0.2, 0.25) is 11.8 Å². The molecule has 2 aromatic carbocycles. The van der Waals surface area contributed by atoms with E-state index < -0.39 is 29.7 Å². The lowest BCUT2D eigenvalue weighted by Crippen LogP contribution is -2.67. The van der Waals surface area contributed by atoms with Crippen molar-refractivity contribution < 1.29 is 28.3 Å². The van der Waals surface area contributed by atoms with Crippen molar-refractivity contribution >= 4 is 29.3 Å². The van der Waals surface area contributed by atoms with Gasteiger partial charge in [-0.1, -0.05) is 18.2 Å². The first kappa shape index (κ1) is 27.5. The molecule has 2 aromatic rings. The third-order valence-corrected chi connectivity index (χ3v) is 8.55. The van der Waals surface area contributed by atoms with Crippen molar-refractivity contribution in [2.45, 2.75) is 57.4 Å². The number of carbonyl (C=O) groups is 4. The third-order valence-electron chi connectivity index (χ3n) is 8.55. The van der Waals surface area contributed by atoms with Crippen LogP contribution in [0.15, 0.2) is 36.4 Å². The summed E-state index contributed by atoms with van der Waals surface area (Å²) in [6, 6.07) is 9.47.